The minimum atomic E-state index is -0.613. The molecule has 166 valence electrons. The number of nitrogens with zero attached hydrogens (tertiary/aromatic N) is 3. The van der Waals surface area contributed by atoms with Gasteiger partial charge in [-0.15, -0.1) is 0 Å². The number of pyridine rings is 2. The van der Waals surface area contributed by atoms with Crippen molar-refractivity contribution in [1.82, 2.24) is 15.3 Å². The quantitative estimate of drug-likeness (QED) is 0.425. The van der Waals surface area contributed by atoms with Crippen LogP contribution in [0.15, 0.2) is 61.1 Å². The van der Waals surface area contributed by atoms with Gasteiger partial charge in [0.2, 0.25) is 0 Å². The minimum absolute atomic E-state index is 0.230. The fraction of sp³-hybridized carbons (Fsp3) is 0.217. The Hall–Kier alpha value is -4.14. The first-order valence-corrected chi connectivity index (χ1v) is 10.3. The monoisotopic (exact) mass is 433 g/mol. The molecule has 0 unspecified atom stereocenters. The molecule has 2 aromatic heterocycles. The molecule has 3 aromatic rings. The predicted octanol–water partition coefficient (Wildman–Crippen LogP) is 4.01. The number of hydrogen-bond acceptors (Lipinski definition) is 6. The third-order valence-electron chi connectivity index (χ3n) is 4.48. The average Bonchev–Trinajstić information content (AvgIpc) is 2.76. The summed E-state index contributed by atoms with van der Waals surface area (Å²) in [4.78, 5) is 34.8. The van der Waals surface area contributed by atoms with Gasteiger partial charge in [0.15, 0.2) is 0 Å². The zero-order chi connectivity index (χ0) is 23.1. The van der Waals surface area contributed by atoms with E-state index in [1.165, 1.54) is 6.20 Å². The largest absolute Gasteiger partial charge is 0.368 e. The van der Waals surface area contributed by atoms with Crippen molar-refractivity contribution in [3.8, 4) is 0 Å². The number of para-hydroxylation sites is 2. The second kappa shape index (κ2) is 10.3. The SMILES string of the molecule is CCNC(=O)Nc1ccccc1N(c1ccc(NC(C)C)nc1)c1ccncc1C(N)=O. The van der Waals surface area contributed by atoms with Crippen LogP contribution in [-0.4, -0.2) is 34.5 Å². The van der Waals surface area contributed by atoms with Gasteiger partial charge in [0.25, 0.3) is 5.91 Å². The van der Waals surface area contributed by atoms with E-state index in [-0.39, 0.29) is 17.6 Å². The highest BCUT2D eigenvalue weighted by atomic mass is 16.2. The second-order valence-corrected chi connectivity index (χ2v) is 7.29. The maximum atomic E-state index is 12.2. The van der Waals surface area contributed by atoms with Crippen molar-refractivity contribution in [3.05, 3.63) is 66.6 Å². The third kappa shape index (κ3) is 5.31. The Labute approximate surface area is 187 Å². The van der Waals surface area contributed by atoms with Gasteiger partial charge in [0.05, 0.1) is 34.5 Å². The number of rotatable bonds is 8. The van der Waals surface area contributed by atoms with E-state index >= 15 is 0 Å². The summed E-state index contributed by atoms with van der Waals surface area (Å²) in [5.41, 5.74) is 8.26. The number of hydrogen-bond donors (Lipinski definition) is 4. The molecule has 1 aromatic carbocycles. The lowest BCUT2D eigenvalue weighted by atomic mass is 10.1. The van der Waals surface area contributed by atoms with Crippen LogP contribution in [0.3, 0.4) is 0 Å². The van der Waals surface area contributed by atoms with Crippen molar-refractivity contribution >= 4 is 40.5 Å². The topological polar surface area (TPSA) is 125 Å². The summed E-state index contributed by atoms with van der Waals surface area (Å²) in [5, 5.41) is 8.84. The Kier molecular flexibility index (Phi) is 7.22. The van der Waals surface area contributed by atoms with Crippen molar-refractivity contribution in [2.75, 3.05) is 22.1 Å². The lowest BCUT2D eigenvalue weighted by Gasteiger charge is -2.28. The summed E-state index contributed by atoms with van der Waals surface area (Å²) in [6.07, 6.45) is 4.70. The molecule has 0 saturated heterocycles. The van der Waals surface area contributed by atoms with Crippen molar-refractivity contribution in [3.63, 3.8) is 0 Å². The molecule has 0 aliphatic rings. The standard InChI is InChI=1S/C23H27N7O2/c1-4-26-23(32)29-18-7-5-6-8-20(18)30(19-11-12-25-14-17(19)22(24)31)16-9-10-21(27-13-16)28-15(2)3/h5-15H,4H2,1-3H3,(H2,24,31)(H,27,28)(H2,26,29,32). The lowest BCUT2D eigenvalue weighted by Crippen LogP contribution is -2.29. The molecule has 3 rings (SSSR count). The van der Waals surface area contributed by atoms with Crippen LogP contribution in [0.25, 0.3) is 0 Å². The number of nitrogens with two attached hydrogens (primary N) is 1. The number of amides is 3. The van der Waals surface area contributed by atoms with Gasteiger partial charge < -0.3 is 26.6 Å². The molecular formula is C23H27N7O2. The fourth-order valence-electron chi connectivity index (χ4n) is 3.18. The Bertz CT molecular complexity index is 1080. The highest BCUT2D eigenvalue weighted by Crippen LogP contribution is 2.40. The molecule has 2 heterocycles. The van der Waals surface area contributed by atoms with E-state index in [1.807, 2.05) is 56.0 Å². The van der Waals surface area contributed by atoms with Gasteiger partial charge in [-0.3, -0.25) is 9.78 Å². The lowest BCUT2D eigenvalue weighted by molar-refractivity contribution is 0.100. The van der Waals surface area contributed by atoms with Crippen molar-refractivity contribution in [1.29, 1.82) is 0 Å². The zero-order valence-corrected chi connectivity index (χ0v) is 18.3. The van der Waals surface area contributed by atoms with Gasteiger partial charge in [0.1, 0.15) is 5.82 Å². The van der Waals surface area contributed by atoms with Crippen LogP contribution in [0.1, 0.15) is 31.1 Å². The van der Waals surface area contributed by atoms with Crippen LogP contribution in [0.4, 0.5) is 33.4 Å². The molecule has 0 atom stereocenters. The molecule has 0 aliphatic carbocycles. The molecule has 0 radical (unpaired) electrons. The van der Waals surface area contributed by atoms with Gasteiger partial charge in [-0.25, -0.2) is 9.78 Å². The first-order chi connectivity index (χ1) is 15.4. The van der Waals surface area contributed by atoms with Crippen LogP contribution in [0.2, 0.25) is 0 Å². The highest BCUT2D eigenvalue weighted by Gasteiger charge is 2.22. The molecule has 5 N–H and O–H groups in total. The molecule has 0 saturated carbocycles. The van der Waals surface area contributed by atoms with Gasteiger partial charge in [-0.2, -0.15) is 0 Å². The van der Waals surface area contributed by atoms with Crippen LogP contribution in [0, 0.1) is 0 Å². The minimum Gasteiger partial charge on any atom is -0.368 e. The molecule has 0 bridgehead atoms. The number of nitrogens with one attached hydrogen (secondary N) is 3. The van der Waals surface area contributed by atoms with Crippen molar-refractivity contribution < 1.29 is 9.59 Å². The van der Waals surface area contributed by atoms with E-state index in [9.17, 15) is 9.59 Å². The Morgan fingerprint density at radius 2 is 1.84 bits per heavy atom. The Morgan fingerprint density at radius 3 is 2.50 bits per heavy atom. The van der Waals surface area contributed by atoms with E-state index in [0.29, 0.717) is 29.3 Å². The summed E-state index contributed by atoms with van der Waals surface area (Å²) in [7, 11) is 0. The summed E-state index contributed by atoms with van der Waals surface area (Å²) < 4.78 is 0. The molecule has 9 nitrogen and oxygen atoms in total. The van der Waals surface area contributed by atoms with Crippen molar-refractivity contribution in [2.45, 2.75) is 26.8 Å². The molecule has 3 amide bonds. The predicted molar refractivity (Wildman–Crippen MR) is 127 cm³/mol. The summed E-state index contributed by atoms with van der Waals surface area (Å²) in [5.74, 6) is 0.112. The Balaban J connectivity index is 2.15. The van der Waals surface area contributed by atoms with E-state index in [4.69, 9.17) is 5.73 Å². The van der Waals surface area contributed by atoms with Gasteiger partial charge in [-0.05, 0) is 51.1 Å². The first kappa shape index (κ1) is 22.5. The third-order valence-corrected chi connectivity index (χ3v) is 4.48. The Morgan fingerprint density at radius 1 is 1.06 bits per heavy atom. The maximum absolute atomic E-state index is 12.2. The number of anilines is 5. The fourth-order valence-corrected chi connectivity index (χ4v) is 3.18. The normalized spacial score (nSPS) is 10.5. The number of carbonyl (C=O) groups excluding carboxylic acids is 2. The molecule has 0 fully saturated rings. The number of aromatic nitrogens is 2. The number of primary amides is 1. The number of carbonyl (C=O) groups is 2. The van der Waals surface area contributed by atoms with E-state index in [0.717, 1.165) is 5.82 Å². The maximum Gasteiger partial charge on any atom is 0.319 e. The zero-order valence-electron chi connectivity index (χ0n) is 18.3. The van der Waals surface area contributed by atoms with E-state index < -0.39 is 5.91 Å². The van der Waals surface area contributed by atoms with Gasteiger partial charge in [0, 0.05) is 25.0 Å². The van der Waals surface area contributed by atoms with Crippen LogP contribution >= 0.6 is 0 Å². The summed E-state index contributed by atoms with van der Waals surface area (Å²) in [6.45, 7) is 6.39. The van der Waals surface area contributed by atoms with Gasteiger partial charge in [-0.1, -0.05) is 12.1 Å². The highest BCUT2D eigenvalue weighted by molar-refractivity contribution is 6.02. The first-order valence-electron chi connectivity index (χ1n) is 10.3. The second-order valence-electron chi connectivity index (χ2n) is 7.29. The molecular weight excluding hydrogens is 406 g/mol. The summed E-state index contributed by atoms with van der Waals surface area (Å²) in [6, 6.07) is 12.6. The number of urea groups is 1. The summed E-state index contributed by atoms with van der Waals surface area (Å²) >= 11 is 0. The number of benzene rings is 1. The van der Waals surface area contributed by atoms with Crippen LogP contribution < -0.4 is 26.6 Å². The van der Waals surface area contributed by atoms with E-state index in [2.05, 4.69) is 25.9 Å². The van der Waals surface area contributed by atoms with Crippen LogP contribution in [0.5, 0.6) is 0 Å². The van der Waals surface area contributed by atoms with Crippen LogP contribution in [-0.2, 0) is 0 Å². The van der Waals surface area contributed by atoms with E-state index in [1.54, 1.807) is 24.5 Å². The molecule has 0 aliphatic heterocycles. The van der Waals surface area contributed by atoms with Crippen molar-refractivity contribution in [2.24, 2.45) is 5.73 Å². The average molecular weight is 434 g/mol. The molecule has 32 heavy (non-hydrogen) atoms. The molecule has 0 spiro atoms. The molecule has 9 heteroatoms. The smallest absolute Gasteiger partial charge is 0.319 e. The van der Waals surface area contributed by atoms with Gasteiger partial charge >= 0.3 is 6.03 Å².